The number of hydrogen-bond donors (Lipinski definition) is 1. The third-order valence-electron chi connectivity index (χ3n) is 3.60. The lowest BCUT2D eigenvalue weighted by molar-refractivity contribution is 0.366. The molecule has 0 unspecified atom stereocenters. The molecule has 2 aliphatic rings. The second-order valence-electron chi connectivity index (χ2n) is 4.70. The summed E-state index contributed by atoms with van der Waals surface area (Å²) >= 11 is 0. The van der Waals surface area contributed by atoms with E-state index in [0.29, 0.717) is 17.9 Å². The van der Waals surface area contributed by atoms with Crippen LogP contribution in [-0.2, 0) is 0 Å². The van der Waals surface area contributed by atoms with Crippen LogP contribution in [0, 0.1) is 0 Å². The number of likely N-dealkylation sites (N-methyl/N-ethyl adjacent to an activating group) is 1. The highest BCUT2D eigenvalue weighted by Crippen LogP contribution is 2.40. The number of rotatable bonds is 3. The molecule has 0 saturated heterocycles. The van der Waals surface area contributed by atoms with Gasteiger partial charge in [0, 0.05) is 17.9 Å². The van der Waals surface area contributed by atoms with Crippen molar-refractivity contribution < 1.29 is 4.52 Å². The van der Waals surface area contributed by atoms with Gasteiger partial charge in [-0.25, -0.2) is 0 Å². The largest absolute Gasteiger partial charge is 0.339 e. The van der Waals surface area contributed by atoms with Crippen molar-refractivity contribution in [2.24, 2.45) is 0 Å². The van der Waals surface area contributed by atoms with Crippen molar-refractivity contribution in [3.63, 3.8) is 0 Å². The summed E-state index contributed by atoms with van der Waals surface area (Å²) < 4.78 is 5.30. The van der Waals surface area contributed by atoms with Gasteiger partial charge in [0.25, 0.3) is 0 Å². The Morgan fingerprint density at radius 2 is 2.13 bits per heavy atom. The normalized spacial score (nSPS) is 31.0. The van der Waals surface area contributed by atoms with Gasteiger partial charge in [0.2, 0.25) is 5.89 Å². The first-order chi connectivity index (χ1) is 7.38. The molecular weight excluding hydrogens is 190 g/mol. The maximum atomic E-state index is 5.30. The van der Waals surface area contributed by atoms with Crippen LogP contribution in [0.25, 0.3) is 0 Å². The fourth-order valence-electron chi connectivity index (χ4n) is 2.51. The number of aromatic nitrogens is 2. The zero-order valence-electron chi connectivity index (χ0n) is 9.07. The first-order valence-electron chi connectivity index (χ1n) is 5.89. The van der Waals surface area contributed by atoms with Crippen LogP contribution in [-0.4, -0.2) is 23.2 Å². The maximum absolute atomic E-state index is 5.30. The summed E-state index contributed by atoms with van der Waals surface area (Å²) in [6.45, 7) is 0. The van der Waals surface area contributed by atoms with E-state index in [1.807, 2.05) is 7.05 Å². The lowest BCUT2D eigenvalue weighted by Crippen LogP contribution is -2.28. The third kappa shape index (κ3) is 1.67. The molecule has 0 bridgehead atoms. The second-order valence-corrected chi connectivity index (χ2v) is 4.70. The Labute approximate surface area is 89.4 Å². The van der Waals surface area contributed by atoms with Crippen molar-refractivity contribution in [2.75, 3.05) is 7.05 Å². The van der Waals surface area contributed by atoms with Gasteiger partial charge in [-0.05, 0) is 32.7 Å². The van der Waals surface area contributed by atoms with Crippen molar-refractivity contribution in [3.05, 3.63) is 11.7 Å². The van der Waals surface area contributed by atoms with Gasteiger partial charge in [-0.1, -0.05) is 11.6 Å². The number of nitrogens with one attached hydrogen (secondary N) is 1. The molecule has 4 heteroatoms. The summed E-state index contributed by atoms with van der Waals surface area (Å²) in [5, 5.41) is 7.48. The summed E-state index contributed by atoms with van der Waals surface area (Å²) in [5.41, 5.74) is 0. The maximum Gasteiger partial charge on any atom is 0.229 e. The molecule has 4 nitrogen and oxygen atoms in total. The predicted molar refractivity (Wildman–Crippen MR) is 55.7 cm³/mol. The molecule has 1 aromatic heterocycles. The summed E-state index contributed by atoms with van der Waals surface area (Å²) in [5.74, 6) is 2.83. The van der Waals surface area contributed by atoms with Gasteiger partial charge in [-0.2, -0.15) is 4.98 Å². The Bertz CT molecular complexity index is 345. The molecule has 0 aliphatic heterocycles. The second kappa shape index (κ2) is 3.59. The van der Waals surface area contributed by atoms with Crippen molar-refractivity contribution >= 4 is 0 Å². The van der Waals surface area contributed by atoms with Gasteiger partial charge in [0.15, 0.2) is 5.82 Å². The zero-order valence-corrected chi connectivity index (χ0v) is 9.07. The first-order valence-corrected chi connectivity index (χ1v) is 5.89. The van der Waals surface area contributed by atoms with E-state index in [9.17, 15) is 0 Å². The molecule has 0 aromatic carbocycles. The Morgan fingerprint density at radius 3 is 2.87 bits per heavy atom. The minimum atomic E-state index is 0.464. The first kappa shape index (κ1) is 9.33. The number of hydrogen-bond acceptors (Lipinski definition) is 4. The Morgan fingerprint density at radius 1 is 1.27 bits per heavy atom. The number of nitrogens with zero attached hydrogens (tertiary/aromatic N) is 2. The molecule has 0 radical (unpaired) electrons. The fourth-order valence-corrected chi connectivity index (χ4v) is 2.51. The van der Waals surface area contributed by atoms with Crippen molar-refractivity contribution in [2.45, 2.75) is 50.0 Å². The topological polar surface area (TPSA) is 51.0 Å². The van der Waals surface area contributed by atoms with Crippen molar-refractivity contribution in [3.8, 4) is 0 Å². The highest BCUT2D eigenvalue weighted by atomic mass is 16.5. The quantitative estimate of drug-likeness (QED) is 0.821. The van der Waals surface area contributed by atoms with E-state index in [4.69, 9.17) is 4.52 Å². The fraction of sp³-hybridized carbons (Fsp3) is 0.818. The molecule has 3 rings (SSSR count). The van der Waals surface area contributed by atoms with E-state index in [1.54, 1.807) is 0 Å². The third-order valence-corrected chi connectivity index (χ3v) is 3.60. The molecule has 0 spiro atoms. The molecule has 1 heterocycles. The van der Waals surface area contributed by atoms with Crippen LogP contribution in [0.2, 0.25) is 0 Å². The average molecular weight is 207 g/mol. The van der Waals surface area contributed by atoms with Crippen LogP contribution < -0.4 is 5.32 Å². The van der Waals surface area contributed by atoms with Gasteiger partial charge in [-0.15, -0.1) is 0 Å². The zero-order chi connectivity index (χ0) is 10.3. The van der Waals surface area contributed by atoms with E-state index in [0.717, 1.165) is 11.7 Å². The molecule has 2 fully saturated rings. The van der Waals surface area contributed by atoms with E-state index < -0.39 is 0 Å². The van der Waals surface area contributed by atoms with Crippen LogP contribution in [0.4, 0.5) is 0 Å². The van der Waals surface area contributed by atoms with E-state index in [1.165, 1.54) is 32.1 Å². The van der Waals surface area contributed by atoms with Crippen LogP contribution >= 0.6 is 0 Å². The van der Waals surface area contributed by atoms with Crippen LogP contribution in [0.15, 0.2) is 4.52 Å². The molecular formula is C11H17N3O. The van der Waals surface area contributed by atoms with Crippen LogP contribution in [0.3, 0.4) is 0 Å². The minimum absolute atomic E-state index is 0.464. The predicted octanol–water partition coefficient (Wildman–Crippen LogP) is 1.80. The molecule has 2 saturated carbocycles. The van der Waals surface area contributed by atoms with E-state index >= 15 is 0 Å². The Hall–Kier alpha value is -0.900. The smallest absolute Gasteiger partial charge is 0.229 e. The van der Waals surface area contributed by atoms with Gasteiger partial charge < -0.3 is 9.84 Å². The van der Waals surface area contributed by atoms with E-state index in [2.05, 4.69) is 15.5 Å². The average Bonchev–Trinajstić information content (AvgIpc) is 2.83. The summed E-state index contributed by atoms with van der Waals surface area (Å²) in [7, 11) is 2.02. The molecule has 0 amide bonds. The van der Waals surface area contributed by atoms with Gasteiger partial charge in [-0.3, -0.25) is 0 Å². The monoisotopic (exact) mass is 207 g/mol. The van der Waals surface area contributed by atoms with Crippen LogP contribution in [0.5, 0.6) is 0 Å². The molecule has 82 valence electrons. The highest BCUT2D eigenvalue weighted by Gasteiger charge is 2.34. The van der Waals surface area contributed by atoms with Crippen molar-refractivity contribution in [1.82, 2.24) is 15.5 Å². The SMILES string of the molecule is CN[C@H]1CCC[C@@H]1c1noc(C2CC2)n1. The highest BCUT2D eigenvalue weighted by molar-refractivity contribution is 5.08. The Kier molecular flexibility index (Phi) is 2.24. The van der Waals surface area contributed by atoms with Gasteiger partial charge in [0.1, 0.15) is 0 Å². The van der Waals surface area contributed by atoms with Gasteiger partial charge in [0.05, 0.1) is 0 Å². The minimum Gasteiger partial charge on any atom is -0.339 e. The molecule has 1 aromatic rings. The standard InChI is InChI=1S/C11H17N3O/c1-12-9-4-2-3-8(9)10-13-11(15-14-10)7-5-6-7/h7-9,12H,2-6H2,1H3/t8-,9-/m0/s1. The van der Waals surface area contributed by atoms with E-state index in [-0.39, 0.29) is 0 Å². The molecule has 15 heavy (non-hydrogen) atoms. The summed E-state index contributed by atoms with van der Waals surface area (Å²) in [4.78, 5) is 4.53. The lowest BCUT2D eigenvalue weighted by atomic mass is 10.0. The summed E-state index contributed by atoms with van der Waals surface area (Å²) in [6.07, 6.45) is 6.14. The lowest BCUT2D eigenvalue weighted by Gasteiger charge is -2.14. The molecule has 2 aliphatic carbocycles. The summed E-state index contributed by atoms with van der Waals surface area (Å²) in [6, 6.07) is 0.537. The Balaban J connectivity index is 1.78. The van der Waals surface area contributed by atoms with Crippen LogP contribution in [0.1, 0.15) is 55.7 Å². The molecule has 1 N–H and O–H groups in total. The van der Waals surface area contributed by atoms with Crippen molar-refractivity contribution in [1.29, 1.82) is 0 Å². The van der Waals surface area contributed by atoms with Gasteiger partial charge >= 0.3 is 0 Å². The molecule has 2 atom stereocenters.